The van der Waals surface area contributed by atoms with Gasteiger partial charge in [-0.1, -0.05) is 236 Å². The van der Waals surface area contributed by atoms with Gasteiger partial charge in [-0.05, 0) is 96.0 Å². The van der Waals surface area contributed by atoms with Gasteiger partial charge in [-0.3, -0.25) is 14.2 Å². The smallest absolute Gasteiger partial charge is 0.306 e. The molecule has 432 valence electrons. The molecular weight excluding hydrogens is 940 g/mol. The van der Waals surface area contributed by atoms with Crippen molar-refractivity contribution in [3.8, 4) is 0 Å². The van der Waals surface area contributed by atoms with Crippen molar-refractivity contribution < 1.29 is 37.3 Å². The monoisotopic (exact) mass is 1060 g/mol. The minimum Gasteiger partial charge on any atom is -0.756 e. The van der Waals surface area contributed by atoms with Gasteiger partial charge in [-0.15, -0.1) is 0 Å². The van der Waals surface area contributed by atoms with Crippen LogP contribution in [0.15, 0.2) is 60.8 Å². The number of phosphoric acid groups is 1. The third-order valence-corrected chi connectivity index (χ3v) is 14.6. The van der Waals surface area contributed by atoms with Crippen LogP contribution in [0.4, 0.5) is 0 Å². The Bertz CT molecular complexity index is 1450. The third-order valence-electron chi connectivity index (χ3n) is 13.7. The van der Waals surface area contributed by atoms with Crippen molar-refractivity contribution in [1.82, 2.24) is 5.32 Å². The number of ether oxygens (including phenoxy) is 1. The van der Waals surface area contributed by atoms with E-state index in [2.05, 4.69) is 74.7 Å². The number of rotatable bonds is 56. The van der Waals surface area contributed by atoms with E-state index in [0.29, 0.717) is 17.4 Å². The van der Waals surface area contributed by atoms with Gasteiger partial charge >= 0.3 is 5.97 Å². The molecule has 0 saturated carbocycles. The maximum atomic E-state index is 13.5. The molecule has 10 heteroatoms. The number of hydrogen-bond acceptors (Lipinski definition) is 7. The molecule has 0 fully saturated rings. The molecule has 0 aliphatic carbocycles. The highest BCUT2D eigenvalue weighted by Gasteiger charge is 2.27. The van der Waals surface area contributed by atoms with Gasteiger partial charge in [0, 0.05) is 12.8 Å². The van der Waals surface area contributed by atoms with Crippen LogP contribution in [-0.4, -0.2) is 69.4 Å². The maximum absolute atomic E-state index is 13.5. The van der Waals surface area contributed by atoms with Crippen molar-refractivity contribution >= 4 is 19.7 Å². The molecule has 0 aromatic heterocycles. The number of nitrogens with zero attached hydrogens (tertiary/aromatic N) is 1. The Morgan fingerprint density at radius 3 is 1.27 bits per heavy atom. The number of carbonyl (C=O) groups is 2. The second kappa shape index (κ2) is 54.1. The normalized spacial score (nSPS) is 14.1. The summed E-state index contributed by atoms with van der Waals surface area (Å²) in [4.78, 5) is 40.0. The molecule has 0 heterocycles. The van der Waals surface area contributed by atoms with E-state index in [1.807, 2.05) is 33.3 Å². The molecule has 0 radical (unpaired) electrons. The number of nitrogens with one attached hydrogen (secondary N) is 1. The summed E-state index contributed by atoms with van der Waals surface area (Å²) in [6.07, 6.45) is 67.5. The lowest BCUT2D eigenvalue weighted by atomic mass is 10.0. The lowest BCUT2D eigenvalue weighted by Crippen LogP contribution is -2.47. The summed E-state index contributed by atoms with van der Waals surface area (Å²) >= 11 is 0. The van der Waals surface area contributed by atoms with E-state index in [1.165, 1.54) is 141 Å². The number of quaternary nitrogens is 1. The van der Waals surface area contributed by atoms with E-state index in [9.17, 15) is 19.0 Å². The second-order valence-corrected chi connectivity index (χ2v) is 23.6. The highest BCUT2D eigenvalue weighted by molar-refractivity contribution is 7.45. The van der Waals surface area contributed by atoms with Crippen LogP contribution in [0.1, 0.15) is 284 Å². The first-order valence-corrected chi connectivity index (χ1v) is 32.6. The van der Waals surface area contributed by atoms with E-state index in [1.54, 1.807) is 0 Å². The molecule has 3 atom stereocenters. The summed E-state index contributed by atoms with van der Waals surface area (Å²) in [7, 11) is 1.17. The SMILES string of the molecule is CCCCC/C=C\C/C=C\C/C=C\CCCCCCCCC(=O)NC(COP(=O)([O-])OCC[N+](C)(C)C)C(/C=C/CCCCCCCCCCCC)OC(=O)CCCCCCCCC/C=C/CCCCCCCC. The van der Waals surface area contributed by atoms with Gasteiger partial charge in [-0.2, -0.15) is 0 Å². The van der Waals surface area contributed by atoms with Crippen molar-refractivity contribution in [3.05, 3.63) is 60.8 Å². The van der Waals surface area contributed by atoms with Gasteiger partial charge in [0.1, 0.15) is 19.3 Å². The topological polar surface area (TPSA) is 114 Å². The zero-order valence-corrected chi connectivity index (χ0v) is 50.2. The van der Waals surface area contributed by atoms with Crippen LogP contribution >= 0.6 is 7.82 Å². The van der Waals surface area contributed by atoms with E-state index in [0.717, 1.165) is 109 Å². The highest BCUT2D eigenvalue weighted by Crippen LogP contribution is 2.38. The van der Waals surface area contributed by atoms with Crippen molar-refractivity contribution in [2.75, 3.05) is 40.9 Å². The Hall–Kier alpha value is -2.29. The lowest BCUT2D eigenvalue weighted by molar-refractivity contribution is -0.870. The van der Waals surface area contributed by atoms with Gasteiger partial charge in [0.25, 0.3) is 7.82 Å². The minimum absolute atomic E-state index is 0.0267. The molecule has 0 saturated heterocycles. The second-order valence-electron chi connectivity index (χ2n) is 22.2. The van der Waals surface area contributed by atoms with Crippen LogP contribution in [0.2, 0.25) is 0 Å². The van der Waals surface area contributed by atoms with Crippen LogP contribution in [0.5, 0.6) is 0 Å². The molecule has 0 aromatic rings. The number of phosphoric ester groups is 1. The number of esters is 1. The number of allylic oxidation sites excluding steroid dienone is 9. The summed E-state index contributed by atoms with van der Waals surface area (Å²) in [6, 6.07) is -0.897. The van der Waals surface area contributed by atoms with E-state index in [-0.39, 0.29) is 24.9 Å². The van der Waals surface area contributed by atoms with Gasteiger partial charge in [0.15, 0.2) is 0 Å². The minimum atomic E-state index is -4.70. The molecule has 0 aliphatic heterocycles. The van der Waals surface area contributed by atoms with Gasteiger partial charge in [-0.25, -0.2) is 0 Å². The number of carbonyl (C=O) groups excluding carboxylic acids is 2. The molecule has 3 unspecified atom stereocenters. The van der Waals surface area contributed by atoms with Crippen LogP contribution in [0, 0.1) is 0 Å². The fraction of sp³-hybridized carbons (Fsp3) is 0.812. The molecular formula is C64H119N2O7P. The number of unbranched alkanes of at least 4 members (excludes halogenated alkanes) is 32. The zero-order chi connectivity index (χ0) is 54.3. The number of hydrogen-bond donors (Lipinski definition) is 1. The fourth-order valence-corrected chi connectivity index (χ4v) is 9.54. The summed E-state index contributed by atoms with van der Waals surface area (Å²) in [6.45, 7) is 6.81. The first-order valence-electron chi connectivity index (χ1n) is 31.1. The number of amides is 1. The first-order chi connectivity index (χ1) is 35.9. The number of likely N-dealkylation sites (N-methyl/N-ethyl adjacent to an activating group) is 1. The van der Waals surface area contributed by atoms with Crippen molar-refractivity contribution in [1.29, 1.82) is 0 Å². The van der Waals surface area contributed by atoms with E-state index in [4.69, 9.17) is 13.8 Å². The zero-order valence-electron chi connectivity index (χ0n) is 49.3. The predicted molar refractivity (Wildman–Crippen MR) is 316 cm³/mol. The van der Waals surface area contributed by atoms with Gasteiger partial charge in [0.2, 0.25) is 5.91 Å². The first kappa shape index (κ1) is 71.7. The van der Waals surface area contributed by atoms with Crippen molar-refractivity contribution in [2.24, 2.45) is 0 Å². The van der Waals surface area contributed by atoms with Gasteiger partial charge < -0.3 is 28.5 Å². The standard InChI is InChI=1S/C64H119N2O7P/c1-7-10-13-16-19-22-25-28-30-32-33-35-36-38-41-44-47-50-53-56-63(67)65-61(60-72-74(69,70)71-59-58-66(4,5)6)62(55-52-49-46-43-40-27-24-21-18-15-12-9-3)73-64(68)57-54-51-48-45-42-39-37-34-31-29-26-23-20-17-14-11-8-2/h19,22,28-31,33,35,52,55,61-62H,7-18,20-21,23-27,32,34,36-51,53-54,56-60H2,1-6H3,(H-,65,67,69,70)/b22-19-,30-28-,31-29+,35-33-,55-52+. The average molecular weight is 1060 g/mol. The highest BCUT2D eigenvalue weighted by atomic mass is 31.2. The molecule has 9 nitrogen and oxygen atoms in total. The Balaban J connectivity index is 5.29. The van der Waals surface area contributed by atoms with Crippen molar-refractivity contribution in [3.63, 3.8) is 0 Å². The Kier molecular flexibility index (Phi) is 52.4. The molecule has 0 spiro atoms. The summed E-state index contributed by atoms with van der Waals surface area (Å²) in [5.74, 6) is -0.556. The third kappa shape index (κ3) is 54.5. The predicted octanol–water partition coefficient (Wildman–Crippen LogP) is 18.4. The average Bonchev–Trinajstić information content (AvgIpc) is 3.36. The fourth-order valence-electron chi connectivity index (χ4n) is 8.82. The Labute approximate surface area is 458 Å². The van der Waals surface area contributed by atoms with Crippen LogP contribution in [-0.2, 0) is 27.9 Å². The molecule has 74 heavy (non-hydrogen) atoms. The quantitative estimate of drug-likeness (QED) is 0.0212. The van der Waals surface area contributed by atoms with Crippen molar-refractivity contribution in [2.45, 2.75) is 296 Å². The molecule has 1 amide bonds. The van der Waals surface area contributed by atoms with Crippen LogP contribution < -0.4 is 10.2 Å². The molecule has 0 bridgehead atoms. The van der Waals surface area contributed by atoms with E-state index < -0.39 is 26.6 Å². The molecule has 1 N–H and O–H groups in total. The largest absolute Gasteiger partial charge is 0.756 e. The molecule has 0 aromatic carbocycles. The molecule has 0 rings (SSSR count). The summed E-state index contributed by atoms with van der Waals surface area (Å²) in [5.41, 5.74) is 0. The summed E-state index contributed by atoms with van der Waals surface area (Å²) in [5, 5.41) is 3.02. The maximum Gasteiger partial charge on any atom is 0.306 e. The van der Waals surface area contributed by atoms with Crippen LogP contribution in [0.3, 0.4) is 0 Å². The molecule has 0 aliphatic rings. The van der Waals surface area contributed by atoms with E-state index >= 15 is 0 Å². The van der Waals surface area contributed by atoms with Gasteiger partial charge in [0.05, 0.1) is 33.8 Å². The lowest BCUT2D eigenvalue weighted by Gasteiger charge is -2.30. The Morgan fingerprint density at radius 1 is 0.473 bits per heavy atom. The van der Waals surface area contributed by atoms with Crippen LogP contribution in [0.25, 0.3) is 0 Å². The summed E-state index contributed by atoms with van der Waals surface area (Å²) < 4.78 is 30.3. The Morgan fingerprint density at radius 2 is 0.824 bits per heavy atom.